The molecule has 0 spiro atoms. The zero-order chi connectivity index (χ0) is 22.2. The molecule has 1 aliphatic carbocycles. The first-order chi connectivity index (χ1) is 13.6. The Hall–Kier alpha value is -2.74. The van der Waals surface area contributed by atoms with E-state index in [-0.39, 0.29) is 17.7 Å². The number of rotatable bonds is 11. The van der Waals surface area contributed by atoms with Gasteiger partial charge < -0.3 is 26.4 Å². The van der Waals surface area contributed by atoms with Gasteiger partial charge in [0.05, 0.1) is 6.54 Å². The summed E-state index contributed by atoms with van der Waals surface area (Å²) in [5, 5.41) is 18.0. The summed E-state index contributed by atoms with van der Waals surface area (Å²) in [4.78, 5) is 59.0. The SMILES string of the molecule is C#C[C@H](NC(=O)C1(NC(=O)C(C)C)CC1CSC)C(=O)NCC(=O)NCC(=O)O. The Labute approximate surface area is 173 Å². The monoisotopic (exact) mass is 426 g/mol. The van der Waals surface area contributed by atoms with Crippen LogP contribution in [0.4, 0.5) is 0 Å². The van der Waals surface area contributed by atoms with Crippen LogP contribution in [-0.4, -0.2) is 71.4 Å². The zero-order valence-corrected chi connectivity index (χ0v) is 17.4. The summed E-state index contributed by atoms with van der Waals surface area (Å²) < 4.78 is 0. The highest BCUT2D eigenvalue weighted by Gasteiger charge is 2.61. The molecule has 0 aromatic carbocycles. The molecule has 0 aliphatic heterocycles. The van der Waals surface area contributed by atoms with Crippen molar-refractivity contribution in [3.8, 4) is 12.3 Å². The second kappa shape index (κ2) is 10.7. The molecule has 10 nitrogen and oxygen atoms in total. The van der Waals surface area contributed by atoms with E-state index in [9.17, 15) is 24.0 Å². The number of amides is 4. The number of hydrogen-bond acceptors (Lipinski definition) is 6. The molecule has 1 rings (SSSR count). The van der Waals surface area contributed by atoms with Crippen LogP contribution in [0.2, 0.25) is 0 Å². The fraction of sp³-hybridized carbons (Fsp3) is 0.611. The largest absolute Gasteiger partial charge is 0.480 e. The number of aliphatic carboxylic acids is 1. The lowest BCUT2D eigenvalue weighted by Gasteiger charge is -2.22. The number of carbonyl (C=O) groups is 5. The van der Waals surface area contributed by atoms with Crippen molar-refractivity contribution in [3.05, 3.63) is 0 Å². The molecule has 0 aromatic heterocycles. The van der Waals surface area contributed by atoms with Gasteiger partial charge in [-0.15, -0.1) is 6.42 Å². The molecule has 0 heterocycles. The normalized spacial score (nSPS) is 20.7. The van der Waals surface area contributed by atoms with E-state index >= 15 is 0 Å². The summed E-state index contributed by atoms with van der Waals surface area (Å²) in [5.41, 5.74) is -1.11. The van der Waals surface area contributed by atoms with Gasteiger partial charge in [-0.2, -0.15) is 11.8 Å². The van der Waals surface area contributed by atoms with Gasteiger partial charge in [0.25, 0.3) is 5.91 Å². The van der Waals surface area contributed by atoms with Crippen LogP contribution < -0.4 is 21.3 Å². The van der Waals surface area contributed by atoms with Gasteiger partial charge in [-0.3, -0.25) is 24.0 Å². The summed E-state index contributed by atoms with van der Waals surface area (Å²) in [6, 6.07) is -1.35. The molecular weight excluding hydrogens is 400 g/mol. The van der Waals surface area contributed by atoms with Gasteiger partial charge in [0.1, 0.15) is 12.1 Å². The maximum Gasteiger partial charge on any atom is 0.322 e. The van der Waals surface area contributed by atoms with Crippen LogP contribution >= 0.6 is 11.8 Å². The molecule has 29 heavy (non-hydrogen) atoms. The molecule has 0 radical (unpaired) electrons. The van der Waals surface area contributed by atoms with Crippen molar-refractivity contribution in [2.24, 2.45) is 11.8 Å². The molecule has 0 saturated heterocycles. The first-order valence-corrected chi connectivity index (χ1v) is 10.3. The Morgan fingerprint density at radius 1 is 1.17 bits per heavy atom. The second-order valence-corrected chi connectivity index (χ2v) is 7.84. The van der Waals surface area contributed by atoms with Crippen molar-refractivity contribution in [1.29, 1.82) is 0 Å². The van der Waals surface area contributed by atoms with Gasteiger partial charge >= 0.3 is 5.97 Å². The summed E-state index contributed by atoms with van der Waals surface area (Å²) >= 11 is 1.54. The fourth-order valence-corrected chi connectivity index (χ4v) is 3.34. The number of carboxylic acids is 1. The number of nitrogens with one attached hydrogen (secondary N) is 4. The van der Waals surface area contributed by atoms with Crippen molar-refractivity contribution in [3.63, 3.8) is 0 Å². The number of hydrogen-bond donors (Lipinski definition) is 5. The van der Waals surface area contributed by atoms with Crippen LogP contribution in [0.25, 0.3) is 0 Å². The van der Waals surface area contributed by atoms with E-state index in [0.717, 1.165) is 0 Å². The van der Waals surface area contributed by atoms with Crippen LogP contribution in [0.5, 0.6) is 0 Å². The average Bonchev–Trinajstić information content (AvgIpc) is 3.35. The molecule has 2 unspecified atom stereocenters. The van der Waals surface area contributed by atoms with Crippen molar-refractivity contribution in [2.45, 2.75) is 31.8 Å². The number of terminal acetylenes is 1. The van der Waals surface area contributed by atoms with E-state index in [1.165, 1.54) is 11.8 Å². The van der Waals surface area contributed by atoms with Crippen molar-refractivity contribution < 1.29 is 29.1 Å². The van der Waals surface area contributed by atoms with Gasteiger partial charge in [-0.1, -0.05) is 19.8 Å². The van der Waals surface area contributed by atoms with Crippen LogP contribution in [0.3, 0.4) is 0 Å². The van der Waals surface area contributed by atoms with Gasteiger partial charge in [-0.05, 0) is 18.4 Å². The lowest BCUT2D eigenvalue weighted by molar-refractivity contribution is -0.138. The first-order valence-electron chi connectivity index (χ1n) is 8.91. The summed E-state index contributed by atoms with van der Waals surface area (Å²) in [5.74, 6) is -1.17. The Balaban J connectivity index is 2.70. The average molecular weight is 426 g/mol. The number of carbonyl (C=O) groups excluding carboxylic acids is 4. The fourth-order valence-electron chi connectivity index (χ4n) is 2.53. The number of thioether (sulfide) groups is 1. The third-order valence-corrected chi connectivity index (χ3v) is 5.05. The van der Waals surface area contributed by atoms with Crippen LogP contribution in [-0.2, 0) is 24.0 Å². The topological polar surface area (TPSA) is 154 Å². The minimum absolute atomic E-state index is 0.0801. The highest BCUT2D eigenvalue weighted by Crippen LogP contribution is 2.45. The highest BCUT2D eigenvalue weighted by atomic mass is 32.2. The van der Waals surface area contributed by atoms with E-state index in [1.54, 1.807) is 13.8 Å². The molecule has 0 aromatic rings. The van der Waals surface area contributed by atoms with E-state index in [0.29, 0.717) is 12.2 Å². The predicted octanol–water partition coefficient (Wildman–Crippen LogP) is -1.68. The van der Waals surface area contributed by atoms with Gasteiger partial charge in [0.15, 0.2) is 6.04 Å². The Kier molecular flexibility index (Phi) is 8.97. The Morgan fingerprint density at radius 3 is 2.34 bits per heavy atom. The first kappa shape index (κ1) is 24.3. The molecule has 5 N–H and O–H groups in total. The van der Waals surface area contributed by atoms with Crippen molar-refractivity contribution >= 4 is 41.4 Å². The molecule has 0 bridgehead atoms. The van der Waals surface area contributed by atoms with E-state index in [4.69, 9.17) is 11.5 Å². The molecule has 11 heteroatoms. The lowest BCUT2D eigenvalue weighted by atomic mass is 10.1. The van der Waals surface area contributed by atoms with Crippen LogP contribution in [0.15, 0.2) is 0 Å². The summed E-state index contributed by atoms with van der Waals surface area (Å²) in [6.45, 7) is 2.34. The van der Waals surface area contributed by atoms with Crippen molar-refractivity contribution in [1.82, 2.24) is 21.3 Å². The molecule has 1 fully saturated rings. The molecule has 1 saturated carbocycles. The second-order valence-electron chi connectivity index (χ2n) is 6.93. The van der Waals surface area contributed by atoms with E-state index in [2.05, 4.69) is 27.2 Å². The van der Waals surface area contributed by atoms with Crippen LogP contribution in [0.1, 0.15) is 20.3 Å². The number of carboxylic acid groups (broad SMARTS) is 1. The quantitative estimate of drug-likeness (QED) is 0.247. The van der Waals surface area contributed by atoms with E-state index < -0.39 is 48.4 Å². The lowest BCUT2D eigenvalue weighted by Crippen LogP contribution is -2.57. The van der Waals surface area contributed by atoms with Gasteiger partial charge in [-0.25, -0.2) is 0 Å². The standard InChI is InChI=1S/C18H26N4O6S/c1-5-12(16(27)20-7-13(23)19-8-14(24)25)21-17(28)18(6-11(18)9-29-4)22-15(26)10(2)3/h1,10-12H,6-9H2,2-4H3,(H,19,23)(H,20,27)(H,21,28)(H,22,26)(H,24,25)/t11?,12-,18?/m0/s1. The molecule has 1 aliphatic rings. The van der Waals surface area contributed by atoms with Gasteiger partial charge in [0.2, 0.25) is 17.7 Å². The minimum Gasteiger partial charge on any atom is -0.480 e. The molecular formula is C18H26N4O6S. The Morgan fingerprint density at radius 2 is 1.83 bits per heavy atom. The highest BCUT2D eigenvalue weighted by molar-refractivity contribution is 7.98. The molecule has 3 atom stereocenters. The molecule has 160 valence electrons. The van der Waals surface area contributed by atoms with Crippen molar-refractivity contribution in [2.75, 3.05) is 25.1 Å². The third-order valence-electron chi connectivity index (χ3n) is 4.31. The smallest absolute Gasteiger partial charge is 0.322 e. The van der Waals surface area contributed by atoms with Gasteiger partial charge in [0, 0.05) is 11.8 Å². The minimum atomic E-state index is -1.35. The summed E-state index contributed by atoms with van der Waals surface area (Å²) in [6.07, 6.45) is 7.66. The Bertz CT molecular complexity index is 720. The predicted molar refractivity (Wildman–Crippen MR) is 107 cm³/mol. The van der Waals surface area contributed by atoms with Crippen LogP contribution in [0, 0.1) is 24.2 Å². The zero-order valence-electron chi connectivity index (χ0n) is 16.5. The third kappa shape index (κ3) is 6.98. The molecule has 4 amide bonds. The summed E-state index contributed by atoms with van der Waals surface area (Å²) in [7, 11) is 0. The van der Waals surface area contributed by atoms with E-state index in [1.807, 2.05) is 6.26 Å². The maximum atomic E-state index is 12.8. The maximum absolute atomic E-state index is 12.8.